The molecule has 0 bridgehead atoms. The maximum Gasteiger partial charge on any atom is 0.250 e. The van der Waals surface area contributed by atoms with Crippen molar-refractivity contribution in [1.29, 1.82) is 0 Å². The molecule has 1 unspecified atom stereocenters. The molecule has 0 aromatic carbocycles. The van der Waals surface area contributed by atoms with E-state index in [4.69, 9.17) is 34.8 Å². The number of hydrogen-bond acceptors (Lipinski definition) is 7. The summed E-state index contributed by atoms with van der Waals surface area (Å²) in [5.74, 6) is 0.818. The second kappa shape index (κ2) is 7.31. The Bertz CT molecular complexity index is 502. The second-order valence-corrected chi connectivity index (χ2v) is 7.58. The molecule has 10 heteroatoms. The summed E-state index contributed by atoms with van der Waals surface area (Å²) in [5.41, 5.74) is 0. The number of nitrogens with one attached hydrogen (secondary N) is 1. The number of halogens is 3. The highest BCUT2D eigenvalue weighted by Gasteiger charge is 2.29. The van der Waals surface area contributed by atoms with Crippen LogP contribution in [0.25, 0.3) is 0 Å². The van der Waals surface area contributed by atoms with E-state index in [0.717, 1.165) is 26.2 Å². The molecule has 0 spiro atoms. The third-order valence-electron chi connectivity index (χ3n) is 3.22. The minimum absolute atomic E-state index is 0.0644. The Kier molecular flexibility index (Phi) is 5.90. The van der Waals surface area contributed by atoms with E-state index in [-0.39, 0.29) is 11.8 Å². The number of anilines is 2. The zero-order chi connectivity index (χ0) is 16.3. The zero-order valence-electron chi connectivity index (χ0n) is 12.4. The summed E-state index contributed by atoms with van der Waals surface area (Å²) in [6.07, 6.45) is -0.542. The molecule has 1 saturated heterocycles. The van der Waals surface area contributed by atoms with Crippen LogP contribution in [0.4, 0.5) is 11.9 Å². The Morgan fingerprint density at radius 3 is 2.36 bits per heavy atom. The standard InChI is InChI=1S/C12H19Cl3N6O/c1-8(22)7-16-10-17-9(12(13,14)15)18-11(19-10)21-5-3-20(2)4-6-21/h8,22H,3-7H2,1-2H3,(H,16,17,18,19). The van der Waals surface area contributed by atoms with Crippen LogP contribution in [0.2, 0.25) is 0 Å². The molecule has 7 nitrogen and oxygen atoms in total. The highest BCUT2D eigenvalue weighted by atomic mass is 35.6. The normalized spacial score (nSPS) is 18.4. The summed E-state index contributed by atoms with van der Waals surface area (Å²) in [6, 6.07) is 0. The molecular formula is C12H19Cl3N6O. The van der Waals surface area contributed by atoms with Gasteiger partial charge >= 0.3 is 0 Å². The average molecular weight is 370 g/mol. The lowest BCUT2D eigenvalue weighted by Gasteiger charge is -2.32. The van der Waals surface area contributed by atoms with Gasteiger partial charge in [0.05, 0.1) is 6.10 Å². The number of piperazine rings is 1. The Labute approximate surface area is 144 Å². The fourth-order valence-corrected chi connectivity index (χ4v) is 2.21. The molecule has 1 aliphatic heterocycles. The lowest BCUT2D eigenvalue weighted by Crippen LogP contribution is -2.45. The molecule has 1 aromatic rings. The number of hydrogen-bond donors (Lipinski definition) is 2. The number of alkyl halides is 3. The van der Waals surface area contributed by atoms with E-state index in [1.54, 1.807) is 6.92 Å². The van der Waals surface area contributed by atoms with Gasteiger partial charge in [-0.25, -0.2) is 0 Å². The van der Waals surface area contributed by atoms with Crippen molar-refractivity contribution >= 4 is 46.7 Å². The molecule has 0 aliphatic carbocycles. The van der Waals surface area contributed by atoms with Crippen LogP contribution in [-0.2, 0) is 3.79 Å². The maximum absolute atomic E-state index is 9.36. The van der Waals surface area contributed by atoms with Gasteiger partial charge < -0.3 is 20.2 Å². The van der Waals surface area contributed by atoms with Gasteiger partial charge in [-0.15, -0.1) is 0 Å². The van der Waals surface area contributed by atoms with E-state index in [0.29, 0.717) is 12.5 Å². The van der Waals surface area contributed by atoms with Gasteiger partial charge in [0, 0.05) is 32.7 Å². The van der Waals surface area contributed by atoms with E-state index in [9.17, 15) is 5.11 Å². The molecule has 2 rings (SSSR count). The Morgan fingerprint density at radius 2 is 1.82 bits per heavy atom. The van der Waals surface area contributed by atoms with Crippen LogP contribution in [0.1, 0.15) is 12.7 Å². The molecular weight excluding hydrogens is 351 g/mol. The van der Waals surface area contributed by atoms with Gasteiger partial charge in [0.15, 0.2) is 5.82 Å². The van der Waals surface area contributed by atoms with Gasteiger partial charge in [0.25, 0.3) is 0 Å². The van der Waals surface area contributed by atoms with Gasteiger partial charge in [0.2, 0.25) is 15.7 Å². The number of aliphatic hydroxyl groups excluding tert-OH is 1. The van der Waals surface area contributed by atoms with Crippen molar-refractivity contribution in [3.8, 4) is 0 Å². The van der Waals surface area contributed by atoms with Crippen molar-refractivity contribution in [3.63, 3.8) is 0 Å². The van der Waals surface area contributed by atoms with Gasteiger partial charge in [-0.1, -0.05) is 34.8 Å². The number of likely N-dealkylation sites (N-methyl/N-ethyl adjacent to an activating group) is 1. The highest BCUT2D eigenvalue weighted by molar-refractivity contribution is 6.66. The predicted molar refractivity (Wildman–Crippen MR) is 88.9 cm³/mol. The number of rotatable bonds is 4. The van der Waals surface area contributed by atoms with E-state index in [1.807, 2.05) is 4.90 Å². The summed E-state index contributed by atoms with van der Waals surface area (Å²) in [4.78, 5) is 17.0. The quantitative estimate of drug-likeness (QED) is 0.773. The minimum Gasteiger partial charge on any atom is -0.392 e. The number of nitrogens with zero attached hydrogens (tertiary/aromatic N) is 5. The minimum atomic E-state index is -1.73. The summed E-state index contributed by atoms with van der Waals surface area (Å²) >= 11 is 17.7. The van der Waals surface area contributed by atoms with Gasteiger partial charge in [-0.2, -0.15) is 15.0 Å². The summed E-state index contributed by atoms with van der Waals surface area (Å²) < 4.78 is -1.73. The largest absolute Gasteiger partial charge is 0.392 e. The van der Waals surface area contributed by atoms with Crippen molar-refractivity contribution < 1.29 is 5.11 Å². The third-order valence-corrected chi connectivity index (χ3v) is 3.73. The fraction of sp³-hybridized carbons (Fsp3) is 0.750. The van der Waals surface area contributed by atoms with Gasteiger partial charge in [0.1, 0.15) is 0 Å². The van der Waals surface area contributed by atoms with Gasteiger partial charge in [-0.3, -0.25) is 0 Å². The topological polar surface area (TPSA) is 77.4 Å². The second-order valence-electron chi connectivity index (χ2n) is 5.30. The number of aliphatic hydroxyl groups is 1. The van der Waals surface area contributed by atoms with Crippen LogP contribution in [0.3, 0.4) is 0 Å². The van der Waals surface area contributed by atoms with Crippen molar-refractivity contribution in [3.05, 3.63) is 5.82 Å². The molecule has 0 saturated carbocycles. The summed E-state index contributed by atoms with van der Waals surface area (Å²) in [6.45, 7) is 5.35. The van der Waals surface area contributed by atoms with Crippen LogP contribution < -0.4 is 10.2 Å². The lowest BCUT2D eigenvalue weighted by molar-refractivity contribution is 0.208. The van der Waals surface area contributed by atoms with E-state index >= 15 is 0 Å². The first-order valence-corrected chi connectivity index (χ1v) is 8.08. The van der Waals surface area contributed by atoms with E-state index < -0.39 is 9.90 Å². The molecule has 2 heterocycles. The Balaban J connectivity index is 2.25. The monoisotopic (exact) mass is 368 g/mol. The fourth-order valence-electron chi connectivity index (χ4n) is 1.96. The first kappa shape index (κ1) is 17.7. The first-order valence-electron chi connectivity index (χ1n) is 6.94. The molecule has 22 heavy (non-hydrogen) atoms. The van der Waals surface area contributed by atoms with Crippen LogP contribution in [0.5, 0.6) is 0 Å². The molecule has 1 aromatic heterocycles. The molecule has 1 aliphatic rings. The Hall–Kier alpha value is -0.600. The van der Waals surface area contributed by atoms with Crippen molar-refractivity contribution in [2.45, 2.75) is 16.8 Å². The zero-order valence-corrected chi connectivity index (χ0v) is 14.7. The molecule has 1 atom stereocenters. The van der Waals surface area contributed by atoms with Crippen molar-refractivity contribution in [2.75, 3.05) is 50.0 Å². The van der Waals surface area contributed by atoms with Crippen molar-refractivity contribution in [1.82, 2.24) is 19.9 Å². The third kappa shape index (κ3) is 4.96. The molecule has 0 radical (unpaired) electrons. The lowest BCUT2D eigenvalue weighted by atomic mass is 10.3. The Morgan fingerprint density at radius 1 is 1.18 bits per heavy atom. The number of aromatic nitrogens is 3. The SMILES string of the molecule is CC(O)CNc1nc(N2CCN(C)CC2)nc(C(Cl)(Cl)Cl)n1. The average Bonchev–Trinajstić information content (AvgIpc) is 2.44. The smallest absolute Gasteiger partial charge is 0.250 e. The summed E-state index contributed by atoms with van der Waals surface area (Å²) in [5, 5.41) is 12.3. The van der Waals surface area contributed by atoms with Crippen molar-refractivity contribution in [2.24, 2.45) is 0 Å². The predicted octanol–water partition coefficient (Wildman–Crippen LogP) is 1.24. The molecule has 0 amide bonds. The first-order chi connectivity index (χ1) is 10.3. The van der Waals surface area contributed by atoms with Crippen LogP contribution in [0, 0.1) is 0 Å². The van der Waals surface area contributed by atoms with Crippen LogP contribution >= 0.6 is 34.8 Å². The van der Waals surface area contributed by atoms with E-state index in [2.05, 4.69) is 32.2 Å². The molecule has 1 fully saturated rings. The van der Waals surface area contributed by atoms with Crippen LogP contribution in [-0.4, -0.2) is 70.8 Å². The highest BCUT2D eigenvalue weighted by Crippen LogP contribution is 2.36. The molecule has 124 valence electrons. The maximum atomic E-state index is 9.36. The van der Waals surface area contributed by atoms with E-state index in [1.165, 1.54) is 0 Å². The molecule has 2 N–H and O–H groups in total. The van der Waals surface area contributed by atoms with Gasteiger partial charge in [-0.05, 0) is 14.0 Å². The summed E-state index contributed by atoms with van der Waals surface area (Å²) in [7, 11) is 2.06. The van der Waals surface area contributed by atoms with Crippen LogP contribution in [0.15, 0.2) is 0 Å².